The molecule has 1 atom stereocenters. The number of hydrogen-bond acceptors (Lipinski definition) is 6. The Morgan fingerprint density at radius 3 is 1.09 bits per heavy atom. The third-order valence-corrected chi connectivity index (χ3v) is 10.3. The molecule has 0 aliphatic carbocycles. The van der Waals surface area contributed by atoms with Crippen molar-refractivity contribution in [2.45, 2.75) is 245 Å². The molecule has 0 aliphatic heterocycles. The number of carbonyl (C=O) groups excluding carboxylic acids is 3. The second-order valence-electron chi connectivity index (χ2n) is 16.0. The minimum Gasteiger partial charge on any atom is -0.462 e. The summed E-state index contributed by atoms with van der Waals surface area (Å²) in [7, 11) is 0. The van der Waals surface area contributed by atoms with E-state index in [1.54, 1.807) is 0 Å². The molecule has 6 nitrogen and oxygen atoms in total. The fraction of sp³-hybridized carbons (Fsp3) is 0.784. The van der Waals surface area contributed by atoms with Crippen LogP contribution in [-0.2, 0) is 28.6 Å². The highest BCUT2D eigenvalue weighted by atomic mass is 16.6. The average Bonchev–Trinajstić information content (AvgIpc) is 3.21. The van der Waals surface area contributed by atoms with Gasteiger partial charge >= 0.3 is 17.9 Å². The van der Waals surface area contributed by atoms with Gasteiger partial charge in [0.1, 0.15) is 13.2 Å². The van der Waals surface area contributed by atoms with Crippen molar-refractivity contribution in [1.82, 2.24) is 0 Å². The van der Waals surface area contributed by atoms with Gasteiger partial charge in [-0.25, -0.2) is 0 Å². The highest BCUT2D eigenvalue weighted by Gasteiger charge is 2.19. The topological polar surface area (TPSA) is 78.9 Å². The Morgan fingerprint density at radius 1 is 0.351 bits per heavy atom. The number of esters is 3. The molecule has 57 heavy (non-hydrogen) atoms. The molecule has 0 spiro atoms. The van der Waals surface area contributed by atoms with Crippen LogP contribution < -0.4 is 0 Å². The average molecular weight is 799 g/mol. The van der Waals surface area contributed by atoms with E-state index in [9.17, 15) is 14.4 Å². The Labute approximate surface area is 352 Å². The van der Waals surface area contributed by atoms with Gasteiger partial charge in [0.05, 0.1) is 0 Å². The minimum absolute atomic E-state index is 0.0868. The number of rotatable bonds is 43. The van der Waals surface area contributed by atoms with Crippen LogP contribution in [0.15, 0.2) is 48.6 Å². The molecule has 0 saturated carbocycles. The van der Waals surface area contributed by atoms with Crippen molar-refractivity contribution in [1.29, 1.82) is 0 Å². The van der Waals surface area contributed by atoms with Gasteiger partial charge in [0.15, 0.2) is 6.10 Å². The highest BCUT2D eigenvalue weighted by molar-refractivity contribution is 5.71. The van der Waals surface area contributed by atoms with Crippen LogP contribution >= 0.6 is 0 Å². The first-order chi connectivity index (χ1) is 28.0. The van der Waals surface area contributed by atoms with Crippen molar-refractivity contribution in [2.75, 3.05) is 13.2 Å². The third-order valence-electron chi connectivity index (χ3n) is 10.3. The van der Waals surface area contributed by atoms with E-state index in [0.29, 0.717) is 19.3 Å². The van der Waals surface area contributed by atoms with Gasteiger partial charge in [-0.05, 0) is 83.5 Å². The zero-order chi connectivity index (χ0) is 41.5. The van der Waals surface area contributed by atoms with Gasteiger partial charge in [-0.2, -0.15) is 0 Å². The zero-order valence-corrected chi connectivity index (χ0v) is 37.6. The molecule has 6 heteroatoms. The smallest absolute Gasteiger partial charge is 0.306 e. The van der Waals surface area contributed by atoms with Crippen LogP contribution in [0.25, 0.3) is 0 Å². The lowest BCUT2D eigenvalue weighted by atomic mass is 10.1. The molecular weight excluding hydrogens is 709 g/mol. The SMILES string of the molecule is CCCCC/C=C\C/C=C\C/C=C\CCCCC(=O)OC[C@@H](COC(=O)CCCCCCCCCCCCC)OC(=O)CCCCCCC/C=C\CCCCCC. The first kappa shape index (κ1) is 54.4. The lowest BCUT2D eigenvalue weighted by Crippen LogP contribution is -2.30. The Bertz CT molecular complexity index is 1010. The third kappa shape index (κ3) is 44.3. The van der Waals surface area contributed by atoms with E-state index in [-0.39, 0.29) is 31.1 Å². The summed E-state index contributed by atoms with van der Waals surface area (Å²) in [5.74, 6) is -0.934. The first-order valence-corrected chi connectivity index (χ1v) is 24.1. The van der Waals surface area contributed by atoms with E-state index in [0.717, 1.165) is 83.5 Å². The molecule has 0 heterocycles. The summed E-state index contributed by atoms with van der Waals surface area (Å²) in [5, 5.41) is 0. The lowest BCUT2D eigenvalue weighted by Gasteiger charge is -2.18. The van der Waals surface area contributed by atoms with Crippen LogP contribution in [0.2, 0.25) is 0 Å². The number of carbonyl (C=O) groups is 3. The van der Waals surface area contributed by atoms with Crippen molar-refractivity contribution >= 4 is 17.9 Å². The van der Waals surface area contributed by atoms with Crippen molar-refractivity contribution in [3.63, 3.8) is 0 Å². The fourth-order valence-electron chi connectivity index (χ4n) is 6.62. The summed E-state index contributed by atoms with van der Waals surface area (Å²) >= 11 is 0. The lowest BCUT2D eigenvalue weighted by molar-refractivity contribution is -0.167. The summed E-state index contributed by atoms with van der Waals surface area (Å²) < 4.78 is 16.7. The molecular formula is C51H90O6. The van der Waals surface area contributed by atoms with Crippen LogP contribution in [-0.4, -0.2) is 37.2 Å². The summed E-state index contributed by atoms with van der Waals surface area (Å²) in [6.07, 6.45) is 53.7. The summed E-state index contributed by atoms with van der Waals surface area (Å²) in [4.78, 5) is 37.8. The molecule has 330 valence electrons. The van der Waals surface area contributed by atoms with E-state index in [1.807, 2.05) is 0 Å². The molecule has 0 rings (SSSR count). The second kappa shape index (κ2) is 46.1. The quantitative estimate of drug-likeness (QED) is 0.0265. The van der Waals surface area contributed by atoms with Crippen LogP contribution in [0.4, 0.5) is 0 Å². The van der Waals surface area contributed by atoms with Gasteiger partial charge in [-0.1, -0.05) is 185 Å². The first-order valence-electron chi connectivity index (χ1n) is 24.1. The molecule has 0 N–H and O–H groups in total. The molecule has 0 aromatic rings. The van der Waals surface area contributed by atoms with Gasteiger partial charge < -0.3 is 14.2 Å². The number of hydrogen-bond donors (Lipinski definition) is 0. The van der Waals surface area contributed by atoms with Gasteiger partial charge in [0.2, 0.25) is 0 Å². The van der Waals surface area contributed by atoms with E-state index in [4.69, 9.17) is 14.2 Å². The highest BCUT2D eigenvalue weighted by Crippen LogP contribution is 2.14. The van der Waals surface area contributed by atoms with Crippen LogP contribution in [0.5, 0.6) is 0 Å². The number of allylic oxidation sites excluding steroid dienone is 8. The molecule has 0 bridgehead atoms. The minimum atomic E-state index is -0.788. The largest absolute Gasteiger partial charge is 0.462 e. The maximum atomic E-state index is 12.7. The Hall–Kier alpha value is -2.63. The fourth-order valence-corrected chi connectivity index (χ4v) is 6.62. The van der Waals surface area contributed by atoms with E-state index in [1.165, 1.54) is 116 Å². The maximum absolute atomic E-state index is 12.7. The standard InChI is InChI=1S/C51H90O6/c1-4-7-10-13-16-19-22-24-25-27-29-32-35-38-41-44-50(53)56-47-48(46-55-49(52)43-40-37-34-31-28-21-18-15-12-9-6-3)57-51(54)45-42-39-36-33-30-26-23-20-17-14-11-8-5-2/h16,19-20,23-25,29,32,48H,4-15,17-18,21-22,26-28,30-31,33-47H2,1-3H3/b19-16-,23-20-,25-24-,32-29-/t48-/m1/s1. The maximum Gasteiger partial charge on any atom is 0.306 e. The second-order valence-corrected chi connectivity index (χ2v) is 16.0. The Morgan fingerprint density at radius 2 is 0.632 bits per heavy atom. The normalized spacial score (nSPS) is 12.4. The molecule has 0 aromatic heterocycles. The van der Waals surface area contributed by atoms with Crippen molar-refractivity contribution in [2.24, 2.45) is 0 Å². The van der Waals surface area contributed by atoms with Crippen LogP contribution in [0.1, 0.15) is 239 Å². The summed E-state index contributed by atoms with van der Waals surface area (Å²) in [6.45, 7) is 6.54. The monoisotopic (exact) mass is 799 g/mol. The Balaban J connectivity index is 4.44. The van der Waals surface area contributed by atoms with E-state index in [2.05, 4.69) is 69.4 Å². The van der Waals surface area contributed by atoms with Crippen molar-refractivity contribution in [3.8, 4) is 0 Å². The summed E-state index contributed by atoms with van der Waals surface area (Å²) in [6, 6.07) is 0. The molecule has 0 aliphatic rings. The number of ether oxygens (including phenoxy) is 3. The molecule has 0 radical (unpaired) electrons. The van der Waals surface area contributed by atoms with Crippen LogP contribution in [0.3, 0.4) is 0 Å². The number of unbranched alkanes of at least 4 members (excludes halogenated alkanes) is 24. The molecule has 0 aromatic carbocycles. The molecule has 0 saturated heterocycles. The predicted molar refractivity (Wildman–Crippen MR) is 242 cm³/mol. The molecule has 0 amide bonds. The van der Waals surface area contributed by atoms with E-state index < -0.39 is 6.10 Å². The van der Waals surface area contributed by atoms with Crippen molar-refractivity contribution < 1.29 is 28.6 Å². The zero-order valence-electron chi connectivity index (χ0n) is 37.6. The van der Waals surface area contributed by atoms with Gasteiger partial charge in [0, 0.05) is 19.3 Å². The molecule has 0 fully saturated rings. The van der Waals surface area contributed by atoms with Gasteiger partial charge in [0.25, 0.3) is 0 Å². The van der Waals surface area contributed by atoms with E-state index >= 15 is 0 Å². The van der Waals surface area contributed by atoms with Crippen molar-refractivity contribution in [3.05, 3.63) is 48.6 Å². The van der Waals surface area contributed by atoms with Crippen LogP contribution in [0, 0.1) is 0 Å². The molecule has 0 unspecified atom stereocenters. The van der Waals surface area contributed by atoms with Gasteiger partial charge in [-0.15, -0.1) is 0 Å². The predicted octanol–water partition coefficient (Wildman–Crippen LogP) is 15.5. The summed E-state index contributed by atoms with van der Waals surface area (Å²) in [5.41, 5.74) is 0. The van der Waals surface area contributed by atoms with Gasteiger partial charge in [-0.3, -0.25) is 14.4 Å². The Kier molecular flexibility index (Phi) is 43.9.